The molecule has 0 saturated carbocycles. The predicted octanol–water partition coefficient (Wildman–Crippen LogP) is 3.15. The lowest BCUT2D eigenvalue weighted by Crippen LogP contribution is -2.18. The highest BCUT2D eigenvalue weighted by molar-refractivity contribution is 5.41. The minimum Gasteiger partial charge on any atom is -0.380 e. The van der Waals surface area contributed by atoms with E-state index in [9.17, 15) is 13.6 Å². The van der Waals surface area contributed by atoms with Gasteiger partial charge in [0, 0.05) is 30.9 Å². The van der Waals surface area contributed by atoms with Crippen molar-refractivity contribution in [2.75, 3.05) is 5.32 Å². The second-order valence-corrected chi connectivity index (χ2v) is 4.52. The molecule has 106 valence electrons. The number of benzene rings is 1. The Balaban J connectivity index is 2.13. The fraction of sp³-hybridized carbons (Fsp3) is 0.267. The number of aryl methyl sites for hydroxylation is 1. The number of pyridine rings is 1. The summed E-state index contributed by atoms with van der Waals surface area (Å²) in [6, 6.07) is 7.16. The largest absolute Gasteiger partial charge is 0.380 e. The molecule has 1 N–H and O–H groups in total. The first-order valence-corrected chi connectivity index (χ1v) is 6.49. The third-order valence-electron chi connectivity index (χ3n) is 2.96. The Bertz CT molecular complexity index is 653. The van der Waals surface area contributed by atoms with Gasteiger partial charge >= 0.3 is 0 Å². The summed E-state index contributed by atoms with van der Waals surface area (Å²) in [5, 5.41) is 2.99. The van der Waals surface area contributed by atoms with Crippen molar-refractivity contribution in [2.24, 2.45) is 0 Å². The van der Waals surface area contributed by atoms with E-state index < -0.39 is 11.6 Å². The lowest BCUT2D eigenvalue weighted by molar-refractivity contribution is 0.500. The zero-order valence-corrected chi connectivity index (χ0v) is 11.2. The molecule has 2 rings (SSSR count). The summed E-state index contributed by atoms with van der Waals surface area (Å²) in [7, 11) is 0. The van der Waals surface area contributed by atoms with Crippen molar-refractivity contribution in [3.05, 3.63) is 64.1 Å². The van der Waals surface area contributed by atoms with Crippen molar-refractivity contribution < 1.29 is 8.78 Å². The van der Waals surface area contributed by atoms with Crippen molar-refractivity contribution in [1.82, 2.24) is 4.57 Å². The molecular formula is C15H16F2N2O. The van der Waals surface area contributed by atoms with Crippen molar-refractivity contribution in [1.29, 1.82) is 0 Å². The summed E-state index contributed by atoms with van der Waals surface area (Å²) in [5.74, 6) is -1.71. The van der Waals surface area contributed by atoms with Crippen LogP contribution in [0.5, 0.6) is 0 Å². The van der Waals surface area contributed by atoms with Crippen LogP contribution in [0.25, 0.3) is 0 Å². The van der Waals surface area contributed by atoms with Gasteiger partial charge < -0.3 is 9.88 Å². The lowest BCUT2D eigenvalue weighted by Gasteiger charge is -2.10. The summed E-state index contributed by atoms with van der Waals surface area (Å²) in [5.41, 5.74) is 0.870. The molecule has 1 aromatic heterocycles. The normalized spacial score (nSPS) is 10.6. The van der Waals surface area contributed by atoms with E-state index in [-0.39, 0.29) is 17.7 Å². The van der Waals surface area contributed by atoms with Crippen LogP contribution < -0.4 is 10.9 Å². The lowest BCUT2D eigenvalue weighted by atomic mass is 10.2. The summed E-state index contributed by atoms with van der Waals surface area (Å²) in [6.45, 7) is 2.77. The monoisotopic (exact) mass is 278 g/mol. The third-order valence-corrected chi connectivity index (χ3v) is 2.96. The smallest absolute Gasteiger partial charge is 0.250 e. The van der Waals surface area contributed by atoms with Crippen LogP contribution in [0.4, 0.5) is 14.5 Å². The quantitative estimate of drug-likeness (QED) is 0.911. The highest BCUT2D eigenvalue weighted by Gasteiger charge is 2.07. The van der Waals surface area contributed by atoms with Crippen LogP contribution in [0.15, 0.2) is 41.3 Å². The van der Waals surface area contributed by atoms with Gasteiger partial charge in [0.1, 0.15) is 0 Å². The van der Waals surface area contributed by atoms with Gasteiger partial charge in [0.15, 0.2) is 11.6 Å². The molecule has 5 heteroatoms. The van der Waals surface area contributed by atoms with Crippen LogP contribution in [0, 0.1) is 11.6 Å². The fourth-order valence-electron chi connectivity index (χ4n) is 1.93. The topological polar surface area (TPSA) is 34.0 Å². The molecular weight excluding hydrogens is 262 g/mol. The van der Waals surface area contributed by atoms with Gasteiger partial charge in [0.2, 0.25) is 0 Å². The number of halogens is 2. The van der Waals surface area contributed by atoms with Gasteiger partial charge in [0.25, 0.3) is 5.56 Å². The Labute approximate surface area is 115 Å². The molecule has 1 heterocycles. The highest BCUT2D eigenvalue weighted by Crippen LogP contribution is 2.13. The summed E-state index contributed by atoms with van der Waals surface area (Å²) < 4.78 is 28.2. The van der Waals surface area contributed by atoms with Crippen molar-refractivity contribution in [3.8, 4) is 0 Å². The first-order chi connectivity index (χ1) is 9.61. The number of hydrogen-bond acceptors (Lipinski definition) is 2. The van der Waals surface area contributed by atoms with Crippen LogP contribution >= 0.6 is 0 Å². The second-order valence-electron chi connectivity index (χ2n) is 4.52. The maximum atomic E-state index is 13.5. The first-order valence-electron chi connectivity index (χ1n) is 6.49. The van der Waals surface area contributed by atoms with E-state index in [2.05, 4.69) is 5.32 Å². The average Bonchev–Trinajstić information content (AvgIpc) is 2.44. The van der Waals surface area contributed by atoms with Gasteiger partial charge in [0.05, 0.1) is 5.69 Å². The summed E-state index contributed by atoms with van der Waals surface area (Å²) in [6.07, 6.45) is 2.53. The van der Waals surface area contributed by atoms with Gasteiger partial charge in [-0.15, -0.1) is 0 Å². The molecule has 0 aliphatic rings. The van der Waals surface area contributed by atoms with E-state index in [1.807, 2.05) is 6.92 Å². The Morgan fingerprint density at radius 2 is 2.00 bits per heavy atom. The molecule has 2 aromatic rings. The molecule has 0 aliphatic carbocycles. The molecule has 0 radical (unpaired) electrons. The molecule has 0 bridgehead atoms. The molecule has 0 saturated heterocycles. The minimum absolute atomic E-state index is 0.0747. The van der Waals surface area contributed by atoms with Crippen molar-refractivity contribution in [2.45, 2.75) is 26.4 Å². The van der Waals surface area contributed by atoms with Crippen LogP contribution in [0.2, 0.25) is 0 Å². The van der Waals surface area contributed by atoms with E-state index in [4.69, 9.17) is 0 Å². The Morgan fingerprint density at radius 1 is 1.20 bits per heavy atom. The zero-order valence-electron chi connectivity index (χ0n) is 11.2. The summed E-state index contributed by atoms with van der Waals surface area (Å²) in [4.78, 5) is 11.6. The Morgan fingerprint density at radius 3 is 2.75 bits per heavy atom. The Hall–Kier alpha value is -2.17. The average molecular weight is 278 g/mol. The van der Waals surface area contributed by atoms with E-state index in [1.54, 1.807) is 16.8 Å². The molecule has 3 nitrogen and oxygen atoms in total. The summed E-state index contributed by atoms with van der Waals surface area (Å²) >= 11 is 0. The SMILES string of the molecule is CCCn1cc(NCc2cccc(F)c2F)ccc1=O. The predicted molar refractivity (Wildman–Crippen MR) is 74.7 cm³/mol. The van der Waals surface area contributed by atoms with E-state index in [0.717, 1.165) is 12.5 Å². The van der Waals surface area contributed by atoms with E-state index in [1.165, 1.54) is 18.2 Å². The Kier molecular flexibility index (Phi) is 4.50. The molecule has 1 aromatic carbocycles. The molecule has 0 unspecified atom stereocenters. The molecule has 0 fully saturated rings. The van der Waals surface area contributed by atoms with Crippen molar-refractivity contribution in [3.63, 3.8) is 0 Å². The highest BCUT2D eigenvalue weighted by atomic mass is 19.2. The third kappa shape index (κ3) is 3.23. The molecule has 0 spiro atoms. The molecule has 0 atom stereocenters. The maximum absolute atomic E-state index is 13.5. The van der Waals surface area contributed by atoms with Crippen LogP contribution in [0.3, 0.4) is 0 Å². The van der Waals surface area contributed by atoms with Crippen LogP contribution in [-0.2, 0) is 13.1 Å². The van der Waals surface area contributed by atoms with Crippen LogP contribution in [0.1, 0.15) is 18.9 Å². The van der Waals surface area contributed by atoms with Gasteiger partial charge in [-0.2, -0.15) is 0 Å². The number of nitrogens with one attached hydrogen (secondary N) is 1. The molecule has 0 aliphatic heterocycles. The number of aromatic nitrogens is 1. The van der Waals surface area contributed by atoms with E-state index in [0.29, 0.717) is 12.2 Å². The van der Waals surface area contributed by atoms with Crippen molar-refractivity contribution >= 4 is 5.69 Å². The van der Waals surface area contributed by atoms with Gasteiger partial charge in [-0.3, -0.25) is 4.79 Å². The fourth-order valence-corrected chi connectivity index (χ4v) is 1.93. The first kappa shape index (κ1) is 14.2. The number of rotatable bonds is 5. The van der Waals surface area contributed by atoms with Gasteiger partial charge in [-0.1, -0.05) is 19.1 Å². The number of hydrogen-bond donors (Lipinski definition) is 1. The maximum Gasteiger partial charge on any atom is 0.250 e. The number of nitrogens with zero attached hydrogens (tertiary/aromatic N) is 1. The molecule has 20 heavy (non-hydrogen) atoms. The second kappa shape index (κ2) is 6.32. The van der Waals surface area contributed by atoms with Gasteiger partial charge in [-0.25, -0.2) is 8.78 Å². The standard InChI is InChI=1S/C15H16F2N2O/c1-2-8-19-10-12(6-7-14(19)20)18-9-11-4-3-5-13(16)15(11)17/h3-7,10,18H,2,8-9H2,1H3. The number of anilines is 1. The van der Waals surface area contributed by atoms with Crippen LogP contribution in [-0.4, -0.2) is 4.57 Å². The van der Waals surface area contributed by atoms with Gasteiger partial charge in [-0.05, 0) is 18.6 Å². The zero-order chi connectivity index (χ0) is 14.5. The molecule has 0 amide bonds. The minimum atomic E-state index is -0.861. The van der Waals surface area contributed by atoms with E-state index >= 15 is 0 Å².